The van der Waals surface area contributed by atoms with Gasteiger partial charge in [0.05, 0.1) is 0 Å². The van der Waals surface area contributed by atoms with Crippen LogP contribution in [0.3, 0.4) is 0 Å². The van der Waals surface area contributed by atoms with Gasteiger partial charge in [-0.05, 0) is 50.2 Å². The van der Waals surface area contributed by atoms with Gasteiger partial charge in [-0.3, -0.25) is 9.78 Å². The lowest BCUT2D eigenvalue weighted by Crippen LogP contribution is -2.09. The molecule has 0 saturated heterocycles. The van der Waals surface area contributed by atoms with E-state index in [9.17, 15) is 9.90 Å². The van der Waals surface area contributed by atoms with Crippen molar-refractivity contribution in [1.29, 1.82) is 0 Å². The van der Waals surface area contributed by atoms with Crippen molar-refractivity contribution in [2.24, 2.45) is 4.99 Å². The summed E-state index contributed by atoms with van der Waals surface area (Å²) in [6, 6.07) is 18.1. The molecular weight excluding hydrogens is 378 g/mol. The molecule has 2 heterocycles. The fraction of sp³-hybridized carbons (Fsp3) is 0.0833. The Morgan fingerprint density at radius 2 is 1.60 bits per heavy atom. The predicted octanol–water partition coefficient (Wildman–Crippen LogP) is 4.74. The number of oxazole rings is 1. The number of pyridine rings is 1. The maximum atomic E-state index is 13.0. The molecule has 4 aromatic rings. The summed E-state index contributed by atoms with van der Waals surface area (Å²) < 4.78 is 5.47. The van der Waals surface area contributed by atoms with Gasteiger partial charge < -0.3 is 9.52 Å². The fourth-order valence-corrected chi connectivity index (χ4v) is 3.20. The Kier molecular flexibility index (Phi) is 5.22. The lowest BCUT2D eigenvalue weighted by Gasteiger charge is -2.05. The molecule has 0 aliphatic rings. The van der Waals surface area contributed by atoms with Gasteiger partial charge in [0.15, 0.2) is 5.69 Å². The summed E-state index contributed by atoms with van der Waals surface area (Å²) in [6.45, 7) is 3.85. The van der Waals surface area contributed by atoms with Crippen LogP contribution in [0.4, 0.5) is 0 Å². The number of aromatic nitrogens is 2. The highest BCUT2D eigenvalue weighted by molar-refractivity contribution is 6.18. The zero-order valence-electron chi connectivity index (χ0n) is 16.5. The molecule has 0 unspecified atom stereocenters. The van der Waals surface area contributed by atoms with Crippen LogP contribution < -0.4 is 0 Å². The van der Waals surface area contributed by atoms with E-state index < -0.39 is 11.9 Å². The van der Waals surface area contributed by atoms with Crippen LogP contribution in [0.5, 0.6) is 5.95 Å². The van der Waals surface area contributed by atoms with Gasteiger partial charge >= 0.3 is 5.95 Å². The van der Waals surface area contributed by atoms with Crippen LogP contribution in [0.25, 0.3) is 11.5 Å². The number of hydrogen-bond acceptors (Lipinski definition) is 5. The monoisotopic (exact) mass is 397 g/mol. The lowest BCUT2D eigenvalue weighted by molar-refractivity contribution is 0.100. The third kappa shape index (κ3) is 4.03. The van der Waals surface area contributed by atoms with E-state index in [0.29, 0.717) is 16.7 Å². The fourth-order valence-electron chi connectivity index (χ4n) is 3.20. The van der Waals surface area contributed by atoms with E-state index in [0.717, 1.165) is 11.1 Å². The molecule has 1 amide bonds. The molecule has 30 heavy (non-hydrogen) atoms. The van der Waals surface area contributed by atoms with Crippen molar-refractivity contribution in [2.75, 3.05) is 0 Å². The predicted molar refractivity (Wildman–Crippen MR) is 114 cm³/mol. The number of aromatic hydroxyl groups is 1. The molecule has 2 aromatic heterocycles. The molecule has 0 saturated carbocycles. The largest absolute Gasteiger partial charge is 0.479 e. The molecule has 0 bridgehead atoms. The van der Waals surface area contributed by atoms with Gasteiger partial charge in [0.2, 0.25) is 5.89 Å². The van der Waals surface area contributed by atoms with Crippen LogP contribution in [0.2, 0.25) is 0 Å². The van der Waals surface area contributed by atoms with E-state index in [1.54, 1.807) is 36.7 Å². The minimum Gasteiger partial charge on any atom is -0.479 e. The van der Waals surface area contributed by atoms with Crippen molar-refractivity contribution in [3.8, 4) is 17.4 Å². The number of amides is 1. The molecule has 2 aromatic carbocycles. The molecule has 0 spiro atoms. The average Bonchev–Trinajstić information content (AvgIpc) is 3.14. The summed E-state index contributed by atoms with van der Waals surface area (Å²) in [4.78, 5) is 25.7. The van der Waals surface area contributed by atoms with Crippen LogP contribution in [-0.2, 0) is 0 Å². The Morgan fingerprint density at radius 3 is 2.27 bits per heavy atom. The van der Waals surface area contributed by atoms with E-state index >= 15 is 0 Å². The number of nitrogens with zero attached hydrogens (tertiary/aromatic N) is 3. The van der Waals surface area contributed by atoms with Crippen LogP contribution in [0.1, 0.15) is 32.7 Å². The SMILES string of the molecule is Cc1cc(C)cc(C(=O)N=C(c2ccncc2)c2nc(-c3ccccc3)oc2O)c1. The first-order valence-corrected chi connectivity index (χ1v) is 9.38. The molecule has 6 heteroatoms. The normalized spacial score (nSPS) is 11.5. The van der Waals surface area contributed by atoms with Gasteiger partial charge in [-0.15, -0.1) is 0 Å². The zero-order chi connectivity index (χ0) is 21.1. The third-order valence-corrected chi connectivity index (χ3v) is 4.49. The number of carbonyl (C=O) groups is 1. The van der Waals surface area contributed by atoms with E-state index in [-0.39, 0.29) is 17.3 Å². The van der Waals surface area contributed by atoms with Gasteiger partial charge in [-0.2, -0.15) is 0 Å². The van der Waals surface area contributed by atoms with E-state index in [2.05, 4.69) is 15.0 Å². The second kappa shape index (κ2) is 8.13. The average molecular weight is 397 g/mol. The van der Waals surface area contributed by atoms with Crippen LogP contribution in [-0.4, -0.2) is 26.7 Å². The third-order valence-electron chi connectivity index (χ3n) is 4.49. The Morgan fingerprint density at radius 1 is 0.933 bits per heavy atom. The van der Waals surface area contributed by atoms with Gasteiger partial charge in [0.1, 0.15) is 5.71 Å². The zero-order valence-corrected chi connectivity index (χ0v) is 16.5. The maximum absolute atomic E-state index is 13.0. The quantitative estimate of drug-likeness (QED) is 0.503. The number of aryl methyl sites for hydroxylation is 2. The van der Waals surface area contributed by atoms with Crippen molar-refractivity contribution >= 4 is 11.6 Å². The van der Waals surface area contributed by atoms with Crippen molar-refractivity contribution in [3.63, 3.8) is 0 Å². The van der Waals surface area contributed by atoms with Crippen LogP contribution >= 0.6 is 0 Å². The Balaban J connectivity index is 1.83. The number of hydrogen-bond donors (Lipinski definition) is 1. The summed E-state index contributed by atoms with van der Waals surface area (Å²) >= 11 is 0. The Bertz CT molecular complexity index is 1210. The Hall–Kier alpha value is -4.06. The van der Waals surface area contributed by atoms with Gasteiger partial charge in [-0.1, -0.05) is 35.4 Å². The first kappa shape index (κ1) is 19.3. The molecule has 0 fully saturated rings. The van der Waals surface area contributed by atoms with Crippen molar-refractivity contribution in [3.05, 3.63) is 101 Å². The van der Waals surface area contributed by atoms with Gasteiger partial charge in [0.25, 0.3) is 5.91 Å². The molecule has 0 aliphatic heterocycles. The highest BCUT2D eigenvalue weighted by Crippen LogP contribution is 2.28. The molecule has 0 radical (unpaired) electrons. The summed E-state index contributed by atoms with van der Waals surface area (Å²) in [5, 5.41) is 10.5. The minimum absolute atomic E-state index is 0.0952. The summed E-state index contributed by atoms with van der Waals surface area (Å²) in [5.74, 6) is -0.599. The lowest BCUT2D eigenvalue weighted by atomic mass is 10.1. The standard InChI is InChI=1S/C24H19N3O3/c1-15-12-16(2)14-19(13-15)22(28)26-20(17-8-10-25-11-9-17)21-24(29)30-23(27-21)18-6-4-3-5-7-18/h3-14,29H,1-2H3. The van der Waals surface area contributed by atoms with Crippen LogP contribution in [0.15, 0.2) is 82.5 Å². The van der Waals surface area contributed by atoms with E-state index in [4.69, 9.17) is 4.42 Å². The van der Waals surface area contributed by atoms with Crippen molar-refractivity contribution in [2.45, 2.75) is 13.8 Å². The molecule has 6 nitrogen and oxygen atoms in total. The summed E-state index contributed by atoms with van der Waals surface area (Å²) in [6.07, 6.45) is 3.17. The highest BCUT2D eigenvalue weighted by atomic mass is 16.5. The molecule has 4 rings (SSSR count). The highest BCUT2D eigenvalue weighted by Gasteiger charge is 2.22. The first-order chi connectivity index (χ1) is 14.5. The van der Waals surface area contributed by atoms with Crippen LogP contribution in [0, 0.1) is 13.8 Å². The minimum atomic E-state index is -0.433. The van der Waals surface area contributed by atoms with E-state index in [1.807, 2.05) is 50.2 Å². The van der Waals surface area contributed by atoms with Crippen molar-refractivity contribution in [1.82, 2.24) is 9.97 Å². The second-order valence-electron chi connectivity index (χ2n) is 6.92. The summed E-state index contributed by atoms with van der Waals surface area (Å²) in [5.41, 5.74) is 4.00. The number of rotatable bonds is 4. The molecule has 0 aliphatic carbocycles. The molecule has 0 atom stereocenters. The number of aliphatic imine (C=N–C) groups is 1. The first-order valence-electron chi connectivity index (χ1n) is 9.38. The summed E-state index contributed by atoms with van der Waals surface area (Å²) in [7, 11) is 0. The van der Waals surface area contributed by atoms with Crippen molar-refractivity contribution < 1.29 is 14.3 Å². The van der Waals surface area contributed by atoms with Gasteiger partial charge in [0, 0.05) is 29.1 Å². The van der Waals surface area contributed by atoms with E-state index in [1.165, 1.54) is 0 Å². The maximum Gasteiger partial charge on any atom is 0.313 e. The topological polar surface area (TPSA) is 88.6 Å². The smallest absolute Gasteiger partial charge is 0.313 e. The number of benzene rings is 2. The molecule has 1 N–H and O–H groups in total. The molecular formula is C24H19N3O3. The Labute approximate surface area is 173 Å². The molecule has 148 valence electrons. The van der Waals surface area contributed by atoms with Gasteiger partial charge in [-0.25, -0.2) is 9.98 Å². The number of carbonyl (C=O) groups excluding carboxylic acids is 1. The second-order valence-corrected chi connectivity index (χ2v) is 6.92.